The molecule has 2 N–H and O–H groups in total. The highest BCUT2D eigenvalue weighted by Gasteiger charge is 2.26. The van der Waals surface area contributed by atoms with Gasteiger partial charge in [0.25, 0.3) is 0 Å². The van der Waals surface area contributed by atoms with Gasteiger partial charge in [-0.25, -0.2) is 18.1 Å². The Morgan fingerprint density at radius 2 is 2.20 bits per heavy atom. The van der Waals surface area contributed by atoms with Crippen LogP contribution in [0.2, 0.25) is 0 Å². The average molecular weight is 297 g/mol. The Labute approximate surface area is 119 Å². The third-order valence-corrected chi connectivity index (χ3v) is 4.09. The summed E-state index contributed by atoms with van der Waals surface area (Å²) in [6.45, 7) is 5.34. The Hall–Kier alpha value is -1.49. The lowest BCUT2D eigenvalue weighted by Gasteiger charge is -2.25. The molecule has 0 aromatic carbocycles. The van der Waals surface area contributed by atoms with E-state index in [4.69, 9.17) is 5.26 Å². The molecular weight excluding hydrogens is 278 g/mol. The number of aliphatic hydroxyl groups is 1. The fourth-order valence-corrected chi connectivity index (χ4v) is 3.24. The molecule has 0 fully saturated rings. The zero-order chi connectivity index (χ0) is 15.4. The lowest BCUT2D eigenvalue weighted by Crippen LogP contribution is -2.41. The van der Waals surface area contributed by atoms with Crippen molar-refractivity contribution in [1.29, 1.82) is 5.26 Å². The van der Waals surface area contributed by atoms with E-state index < -0.39 is 15.6 Å². The minimum absolute atomic E-state index is 0.118. The van der Waals surface area contributed by atoms with Crippen molar-refractivity contribution in [2.45, 2.75) is 37.7 Å². The number of nitriles is 1. The van der Waals surface area contributed by atoms with Crippen molar-refractivity contribution in [2.24, 2.45) is 5.92 Å². The van der Waals surface area contributed by atoms with Gasteiger partial charge in [-0.1, -0.05) is 13.8 Å². The van der Waals surface area contributed by atoms with E-state index in [1.807, 2.05) is 13.8 Å². The Morgan fingerprint density at radius 3 is 2.75 bits per heavy atom. The molecule has 110 valence electrons. The van der Waals surface area contributed by atoms with Crippen molar-refractivity contribution < 1.29 is 13.5 Å². The first-order chi connectivity index (χ1) is 9.18. The molecule has 0 amide bonds. The topological polar surface area (TPSA) is 103 Å². The summed E-state index contributed by atoms with van der Waals surface area (Å²) in [7, 11) is -3.87. The van der Waals surface area contributed by atoms with Crippen LogP contribution in [0.25, 0.3) is 0 Å². The molecule has 1 aromatic rings. The molecule has 1 atom stereocenters. The van der Waals surface area contributed by atoms with Crippen LogP contribution in [0.5, 0.6) is 0 Å². The number of hydrogen-bond acceptors (Lipinski definition) is 5. The van der Waals surface area contributed by atoms with E-state index in [2.05, 4.69) is 9.71 Å². The number of sulfonamides is 1. The molecule has 0 radical (unpaired) electrons. The number of nitrogens with one attached hydrogen (secondary N) is 1. The number of rotatable bonds is 6. The highest BCUT2D eigenvalue weighted by molar-refractivity contribution is 7.89. The predicted octanol–water partition coefficient (Wildman–Crippen LogP) is 1.03. The zero-order valence-electron chi connectivity index (χ0n) is 11.8. The molecular formula is C13H19N3O3S. The molecule has 1 rings (SSSR count). The molecule has 0 aliphatic rings. The minimum atomic E-state index is -3.87. The van der Waals surface area contributed by atoms with Gasteiger partial charge in [-0.15, -0.1) is 0 Å². The van der Waals surface area contributed by atoms with Crippen LogP contribution in [0.1, 0.15) is 32.9 Å². The molecule has 6 nitrogen and oxygen atoms in total. The summed E-state index contributed by atoms with van der Waals surface area (Å²) in [4.78, 5) is 3.54. The van der Waals surface area contributed by atoms with Crippen LogP contribution in [-0.2, 0) is 10.0 Å². The van der Waals surface area contributed by atoms with E-state index in [-0.39, 0.29) is 23.1 Å². The van der Waals surface area contributed by atoms with Crippen LogP contribution >= 0.6 is 0 Å². The van der Waals surface area contributed by atoms with Crippen molar-refractivity contribution >= 4 is 10.0 Å². The lowest BCUT2D eigenvalue weighted by molar-refractivity contribution is 0.0436. The molecule has 0 spiro atoms. The monoisotopic (exact) mass is 297 g/mol. The van der Waals surface area contributed by atoms with E-state index in [1.54, 1.807) is 13.0 Å². The normalized spacial score (nSPS) is 14.8. The second-order valence-corrected chi connectivity index (χ2v) is 7.12. The van der Waals surface area contributed by atoms with E-state index in [0.29, 0.717) is 6.42 Å². The van der Waals surface area contributed by atoms with Gasteiger partial charge < -0.3 is 5.11 Å². The summed E-state index contributed by atoms with van der Waals surface area (Å²) in [5.41, 5.74) is -1.31. The van der Waals surface area contributed by atoms with E-state index in [0.717, 1.165) is 0 Å². The van der Waals surface area contributed by atoms with Crippen LogP contribution in [0.4, 0.5) is 0 Å². The number of hydrogen-bond donors (Lipinski definition) is 2. The molecule has 1 unspecified atom stereocenters. The van der Waals surface area contributed by atoms with Gasteiger partial charge in [0, 0.05) is 12.7 Å². The molecule has 0 aliphatic carbocycles. The third kappa shape index (κ3) is 4.56. The standard InChI is InChI=1S/C13H19N3O3S/c1-10(2)7-13(3,17)9-16-20(18,19)12-5-4-6-15-11(12)8-14/h4-6,10,16-17H,7,9H2,1-3H3. The molecule has 7 heteroatoms. The highest BCUT2D eigenvalue weighted by Crippen LogP contribution is 2.17. The van der Waals surface area contributed by atoms with Gasteiger partial charge >= 0.3 is 0 Å². The fraction of sp³-hybridized carbons (Fsp3) is 0.538. The first kappa shape index (κ1) is 16.6. The summed E-state index contributed by atoms with van der Waals surface area (Å²) in [6, 6.07) is 4.49. The lowest BCUT2D eigenvalue weighted by atomic mass is 9.95. The van der Waals surface area contributed by atoms with Gasteiger partial charge in [0.05, 0.1) is 5.60 Å². The van der Waals surface area contributed by atoms with Crippen LogP contribution in [0.15, 0.2) is 23.2 Å². The summed E-state index contributed by atoms with van der Waals surface area (Å²) in [5.74, 6) is 0.238. The summed E-state index contributed by atoms with van der Waals surface area (Å²) in [6.07, 6.45) is 1.82. The van der Waals surface area contributed by atoms with Crippen LogP contribution in [0, 0.1) is 17.2 Å². The van der Waals surface area contributed by atoms with Gasteiger partial charge in [0.1, 0.15) is 11.0 Å². The molecule has 0 saturated heterocycles. The Balaban J connectivity index is 2.89. The molecule has 1 aromatic heterocycles. The number of nitrogens with zero attached hydrogens (tertiary/aromatic N) is 2. The van der Waals surface area contributed by atoms with Crippen LogP contribution < -0.4 is 4.72 Å². The molecule has 0 bridgehead atoms. The number of pyridine rings is 1. The van der Waals surface area contributed by atoms with Gasteiger partial charge in [-0.05, 0) is 31.4 Å². The summed E-state index contributed by atoms with van der Waals surface area (Å²) < 4.78 is 26.6. The smallest absolute Gasteiger partial charge is 0.243 e. The van der Waals surface area contributed by atoms with Crippen molar-refractivity contribution in [3.05, 3.63) is 24.0 Å². The van der Waals surface area contributed by atoms with Crippen molar-refractivity contribution in [3.63, 3.8) is 0 Å². The molecule has 1 heterocycles. The second-order valence-electron chi connectivity index (χ2n) is 5.38. The third-order valence-electron chi connectivity index (χ3n) is 2.66. The van der Waals surface area contributed by atoms with Crippen molar-refractivity contribution in [1.82, 2.24) is 9.71 Å². The molecule has 20 heavy (non-hydrogen) atoms. The second kappa shape index (κ2) is 6.31. The van der Waals surface area contributed by atoms with Gasteiger partial charge in [-0.2, -0.15) is 5.26 Å². The zero-order valence-corrected chi connectivity index (χ0v) is 12.6. The largest absolute Gasteiger partial charge is 0.389 e. The quantitative estimate of drug-likeness (QED) is 0.816. The SMILES string of the molecule is CC(C)CC(C)(O)CNS(=O)(=O)c1cccnc1C#N. The Morgan fingerprint density at radius 1 is 1.55 bits per heavy atom. The van der Waals surface area contributed by atoms with Crippen molar-refractivity contribution in [2.75, 3.05) is 6.54 Å². The maximum Gasteiger partial charge on any atom is 0.243 e. The van der Waals surface area contributed by atoms with Gasteiger partial charge in [-0.3, -0.25) is 0 Å². The highest BCUT2D eigenvalue weighted by atomic mass is 32.2. The maximum absolute atomic E-state index is 12.1. The van der Waals surface area contributed by atoms with Crippen LogP contribution in [-0.4, -0.2) is 30.7 Å². The van der Waals surface area contributed by atoms with Crippen molar-refractivity contribution in [3.8, 4) is 6.07 Å². The Bertz CT molecular complexity index is 604. The summed E-state index contributed by atoms with van der Waals surface area (Å²) in [5, 5.41) is 19.0. The average Bonchev–Trinajstić information content (AvgIpc) is 2.35. The summed E-state index contributed by atoms with van der Waals surface area (Å²) >= 11 is 0. The minimum Gasteiger partial charge on any atom is -0.389 e. The van der Waals surface area contributed by atoms with E-state index in [1.165, 1.54) is 18.3 Å². The van der Waals surface area contributed by atoms with Crippen LogP contribution in [0.3, 0.4) is 0 Å². The van der Waals surface area contributed by atoms with Gasteiger partial charge in [0.15, 0.2) is 5.69 Å². The first-order valence-electron chi connectivity index (χ1n) is 6.25. The first-order valence-corrected chi connectivity index (χ1v) is 7.73. The van der Waals surface area contributed by atoms with E-state index in [9.17, 15) is 13.5 Å². The maximum atomic E-state index is 12.1. The fourth-order valence-electron chi connectivity index (χ4n) is 1.97. The van der Waals surface area contributed by atoms with E-state index >= 15 is 0 Å². The number of aromatic nitrogens is 1. The molecule has 0 saturated carbocycles. The Kier molecular flexibility index (Phi) is 5.22. The molecule has 0 aliphatic heterocycles. The van der Waals surface area contributed by atoms with Gasteiger partial charge in [0.2, 0.25) is 10.0 Å². The predicted molar refractivity (Wildman–Crippen MR) is 74.2 cm³/mol.